The Morgan fingerprint density at radius 1 is 1.12 bits per heavy atom. The van der Waals surface area contributed by atoms with Gasteiger partial charge in [-0.15, -0.1) is 0 Å². The first-order valence-electron chi connectivity index (χ1n) is 10.6. The van der Waals surface area contributed by atoms with Crippen LogP contribution in [0.1, 0.15) is 18.1 Å². The van der Waals surface area contributed by atoms with Crippen LogP contribution < -0.4 is 4.90 Å². The van der Waals surface area contributed by atoms with Gasteiger partial charge in [-0.05, 0) is 37.1 Å². The number of carbonyl (C=O) groups is 2. The van der Waals surface area contributed by atoms with Crippen LogP contribution in [0.4, 0.5) is 14.9 Å². The maximum absolute atomic E-state index is 14.2. The van der Waals surface area contributed by atoms with Crippen molar-refractivity contribution in [2.45, 2.75) is 32.5 Å². The molecule has 2 aliphatic heterocycles. The van der Waals surface area contributed by atoms with Crippen LogP contribution >= 0.6 is 0 Å². The Morgan fingerprint density at radius 2 is 1.81 bits per heavy atom. The molecular weight excluding hydrogens is 433 g/mol. The van der Waals surface area contributed by atoms with E-state index in [1.165, 1.54) is 15.9 Å². The van der Waals surface area contributed by atoms with Crippen LogP contribution in [0.5, 0.6) is 0 Å². The minimum Gasteiger partial charge on any atom is -0.337 e. The van der Waals surface area contributed by atoms with E-state index in [9.17, 15) is 22.4 Å². The lowest BCUT2D eigenvalue weighted by atomic mass is 10.1. The first kappa shape index (κ1) is 22.3. The molecule has 2 fully saturated rings. The van der Waals surface area contributed by atoms with Gasteiger partial charge in [0.25, 0.3) is 0 Å². The zero-order valence-corrected chi connectivity index (χ0v) is 18.9. The van der Waals surface area contributed by atoms with E-state index >= 15 is 0 Å². The highest BCUT2D eigenvalue weighted by Crippen LogP contribution is 2.35. The number of anilines is 1. The maximum atomic E-state index is 14.2. The lowest BCUT2D eigenvalue weighted by molar-refractivity contribution is -0.132. The van der Waals surface area contributed by atoms with Gasteiger partial charge in [0.2, 0.25) is 5.91 Å². The van der Waals surface area contributed by atoms with Crippen LogP contribution in [0.25, 0.3) is 0 Å². The fourth-order valence-corrected chi connectivity index (χ4v) is 6.37. The number of rotatable bonds is 6. The Balaban J connectivity index is 1.59. The fraction of sp³-hybridized carbons (Fsp3) is 0.391. The number of likely N-dealkylation sites (N-methyl/N-ethyl adjacent to an activating group) is 1. The normalized spacial score (nSPS) is 21.7. The second-order valence-corrected chi connectivity index (χ2v) is 10.5. The largest absolute Gasteiger partial charge is 0.337 e. The summed E-state index contributed by atoms with van der Waals surface area (Å²) < 4.78 is 38.9. The number of amides is 3. The van der Waals surface area contributed by atoms with Crippen molar-refractivity contribution in [3.05, 3.63) is 65.5 Å². The average molecular weight is 460 g/mol. The minimum atomic E-state index is -3.39. The molecular formula is C23H26FN3O4S. The number of nitrogens with zero attached hydrogens (tertiary/aromatic N) is 3. The quantitative estimate of drug-likeness (QED) is 0.622. The summed E-state index contributed by atoms with van der Waals surface area (Å²) in [6, 6.07) is 12.2. The third-order valence-electron chi connectivity index (χ3n) is 6.17. The summed E-state index contributed by atoms with van der Waals surface area (Å²) in [4.78, 5) is 30.7. The number of hydrogen-bond donors (Lipinski definition) is 0. The highest BCUT2D eigenvalue weighted by molar-refractivity contribution is 7.91. The van der Waals surface area contributed by atoms with E-state index in [1.807, 2.05) is 37.3 Å². The van der Waals surface area contributed by atoms with Crippen molar-refractivity contribution in [2.75, 3.05) is 29.5 Å². The SMILES string of the molecule is CCN(Cc1ccccc1)C(=O)CN1C(=O)N(c2ccc(C)c(F)c2)[C@@H]2CS(=O)(=O)C[C@H]21. The summed E-state index contributed by atoms with van der Waals surface area (Å²) in [6.45, 7) is 4.11. The standard InChI is InChI=1S/C23H26FN3O4S/c1-3-25(12-17-7-5-4-6-8-17)22(28)13-26-20-14-32(30,31)15-21(20)27(23(26)29)18-10-9-16(2)19(24)11-18/h4-11,20-21H,3,12-15H2,1-2H3/t20-,21-/m1/s1. The molecule has 2 aromatic carbocycles. The first-order valence-corrected chi connectivity index (χ1v) is 12.4. The Hall–Kier alpha value is -2.94. The van der Waals surface area contributed by atoms with E-state index in [4.69, 9.17) is 0 Å². The average Bonchev–Trinajstić information content (AvgIpc) is 3.19. The molecule has 2 saturated heterocycles. The van der Waals surface area contributed by atoms with Gasteiger partial charge in [-0.2, -0.15) is 0 Å². The lowest BCUT2D eigenvalue weighted by Gasteiger charge is -2.26. The Bertz CT molecular complexity index is 1140. The van der Waals surface area contributed by atoms with Crippen LogP contribution in [0.2, 0.25) is 0 Å². The second kappa shape index (κ2) is 8.54. The molecule has 0 N–H and O–H groups in total. The molecule has 2 atom stereocenters. The number of aryl methyl sites for hydroxylation is 1. The van der Waals surface area contributed by atoms with Gasteiger partial charge in [-0.1, -0.05) is 36.4 Å². The lowest BCUT2D eigenvalue weighted by Crippen LogP contribution is -2.45. The van der Waals surface area contributed by atoms with E-state index in [0.717, 1.165) is 5.56 Å². The van der Waals surface area contributed by atoms with Gasteiger partial charge in [0, 0.05) is 18.8 Å². The summed E-state index contributed by atoms with van der Waals surface area (Å²) in [7, 11) is -3.39. The van der Waals surface area contributed by atoms with Crippen LogP contribution in [0, 0.1) is 12.7 Å². The zero-order valence-electron chi connectivity index (χ0n) is 18.1. The molecule has 3 amide bonds. The first-order chi connectivity index (χ1) is 15.2. The van der Waals surface area contributed by atoms with Gasteiger partial charge < -0.3 is 9.80 Å². The second-order valence-electron chi connectivity index (χ2n) is 8.32. The Kier molecular flexibility index (Phi) is 5.94. The summed E-state index contributed by atoms with van der Waals surface area (Å²) >= 11 is 0. The number of fused-ring (bicyclic) bond motifs is 1. The van der Waals surface area contributed by atoms with E-state index in [2.05, 4.69) is 0 Å². The molecule has 2 aliphatic rings. The zero-order chi connectivity index (χ0) is 23.0. The Morgan fingerprint density at radius 3 is 2.47 bits per heavy atom. The molecule has 0 bridgehead atoms. The highest BCUT2D eigenvalue weighted by atomic mass is 32.2. The molecule has 0 saturated carbocycles. The predicted molar refractivity (Wildman–Crippen MR) is 119 cm³/mol. The molecule has 32 heavy (non-hydrogen) atoms. The van der Waals surface area contributed by atoms with Crippen molar-refractivity contribution in [3.8, 4) is 0 Å². The summed E-state index contributed by atoms with van der Waals surface area (Å²) in [5.41, 5.74) is 1.70. The van der Waals surface area contributed by atoms with Crippen molar-refractivity contribution < 1.29 is 22.4 Å². The third kappa shape index (κ3) is 4.21. The van der Waals surface area contributed by atoms with E-state index < -0.39 is 33.8 Å². The number of hydrogen-bond acceptors (Lipinski definition) is 4. The molecule has 2 aromatic rings. The molecule has 2 heterocycles. The topological polar surface area (TPSA) is 78.0 Å². The number of halogens is 1. The van der Waals surface area contributed by atoms with Gasteiger partial charge in [-0.25, -0.2) is 17.6 Å². The fourth-order valence-electron chi connectivity index (χ4n) is 4.42. The molecule has 9 heteroatoms. The predicted octanol–water partition coefficient (Wildman–Crippen LogP) is 2.59. The number of carbonyl (C=O) groups excluding carboxylic acids is 2. The molecule has 0 spiro atoms. The molecule has 0 aromatic heterocycles. The van der Waals surface area contributed by atoms with Crippen molar-refractivity contribution in [1.82, 2.24) is 9.80 Å². The summed E-state index contributed by atoms with van der Waals surface area (Å²) in [5.74, 6) is -1.14. The number of benzene rings is 2. The molecule has 170 valence electrons. The maximum Gasteiger partial charge on any atom is 0.325 e. The number of urea groups is 1. The van der Waals surface area contributed by atoms with Gasteiger partial charge >= 0.3 is 6.03 Å². The molecule has 4 rings (SSSR count). The van der Waals surface area contributed by atoms with Gasteiger partial charge in [0.15, 0.2) is 9.84 Å². The Labute approximate surface area is 187 Å². The van der Waals surface area contributed by atoms with Gasteiger partial charge in [-0.3, -0.25) is 9.69 Å². The van der Waals surface area contributed by atoms with E-state index in [-0.39, 0.29) is 24.0 Å². The number of sulfone groups is 1. The van der Waals surface area contributed by atoms with Crippen LogP contribution in [-0.2, 0) is 21.2 Å². The molecule has 0 radical (unpaired) electrons. The highest BCUT2D eigenvalue weighted by Gasteiger charge is 2.54. The minimum absolute atomic E-state index is 0.202. The monoisotopic (exact) mass is 459 g/mol. The smallest absolute Gasteiger partial charge is 0.325 e. The van der Waals surface area contributed by atoms with E-state index in [0.29, 0.717) is 24.3 Å². The summed E-state index contributed by atoms with van der Waals surface area (Å²) in [5, 5.41) is 0. The molecule has 0 unspecified atom stereocenters. The molecule has 0 aliphatic carbocycles. The van der Waals surface area contributed by atoms with Crippen molar-refractivity contribution in [3.63, 3.8) is 0 Å². The summed E-state index contributed by atoms with van der Waals surface area (Å²) in [6.07, 6.45) is 0. The van der Waals surface area contributed by atoms with Crippen molar-refractivity contribution >= 4 is 27.5 Å². The third-order valence-corrected chi connectivity index (χ3v) is 7.87. The van der Waals surface area contributed by atoms with Gasteiger partial charge in [0.05, 0.1) is 23.6 Å². The van der Waals surface area contributed by atoms with Gasteiger partial charge in [0.1, 0.15) is 12.4 Å². The van der Waals surface area contributed by atoms with Crippen molar-refractivity contribution in [2.24, 2.45) is 0 Å². The van der Waals surface area contributed by atoms with E-state index in [1.54, 1.807) is 24.0 Å². The van der Waals surface area contributed by atoms with Crippen LogP contribution in [0.3, 0.4) is 0 Å². The van der Waals surface area contributed by atoms with Crippen LogP contribution in [0.15, 0.2) is 48.5 Å². The van der Waals surface area contributed by atoms with Crippen molar-refractivity contribution in [1.29, 1.82) is 0 Å². The van der Waals surface area contributed by atoms with Crippen LogP contribution in [-0.4, -0.2) is 66.8 Å². The molecule has 7 nitrogen and oxygen atoms in total.